The van der Waals surface area contributed by atoms with Crippen LogP contribution in [-0.2, 0) is 6.54 Å². The molecule has 3 rings (SSSR count). The van der Waals surface area contributed by atoms with E-state index >= 15 is 0 Å². The number of rotatable bonds is 6. The predicted octanol–water partition coefficient (Wildman–Crippen LogP) is 1.79. The van der Waals surface area contributed by atoms with Gasteiger partial charge >= 0.3 is 0 Å². The Morgan fingerprint density at radius 3 is 2.86 bits per heavy atom. The van der Waals surface area contributed by atoms with Gasteiger partial charge in [0.05, 0.1) is 17.8 Å². The molecule has 2 heterocycles. The number of imidazole rings is 1. The third-order valence-electron chi connectivity index (χ3n) is 4.36. The molecule has 1 saturated carbocycles. The summed E-state index contributed by atoms with van der Waals surface area (Å²) in [5.74, 6) is 0.938. The van der Waals surface area contributed by atoms with E-state index in [4.69, 9.17) is 4.98 Å². The van der Waals surface area contributed by atoms with Gasteiger partial charge in [0.2, 0.25) is 0 Å². The molecule has 0 spiro atoms. The number of aliphatic hydroxyl groups excluding tert-OH is 1. The summed E-state index contributed by atoms with van der Waals surface area (Å²) in [5, 5.41) is 13.2. The van der Waals surface area contributed by atoms with Gasteiger partial charge in [0.25, 0.3) is 0 Å². The first-order valence-electron chi connectivity index (χ1n) is 7.57. The molecule has 0 unspecified atom stereocenters. The Balaban J connectivity index is 2.00. The largest absolute Gasteiger partial charge is 0.394 e. The second-order valence-corrected chi connectivity index (χ2v) is 6.50. The summed E-state index contributed by atoms with van der Waals surface area (Å²) < 4.78 is 2.13. The van der Waals surface area contributed by atoms with Gasteiger partial charge in [-0.05, 0) is 38.8 Å². The molecule has 0 bridgehead atoms. The first-order valence-corrected chi connectivity index (χ1v) is 7.57. The molecule has 1 aliphatic rings. The van der Waals surface area contributed by atoms with Crippen molar-refractivity contribution in [3.05, 3.63) is 30.1 Å². The zero-order chi connectivity index (χ0) is 15.0. The van der Waals surface area contributed by atoms with Gasteiger partial charge in [0.15, 0.2) is 5.82 Å². The fourth-order valence-electron chi connectivity index (χ4n) is 2.39. The third-order valence-corrected chi connectivity index (χ3v) is 4.36. The molecule has 5 heteroatoms. The lowest BCUT2D eigenvalue weighted by molar-refractivity contribution is 0.215. The molecule has 114 valence electrons. The van der Waals surface area contributed by atoms with Crippen LogP contribution in [-0.4, -0.2) is 39.7 Å². The third kappa shape index (κ3) is 2.76. The van der Waals surface area contributed by atoms with Crippen molar-refractivity contribution in [2.75, 3.05) is 18.6 Å². The molecule has 21 heavy (non-hydrogen) atoms. The minimum absolute atomic E-state index is 0.0901. The van der Waals surface area contributed by atoms with E-state index in [-0.39, 0.29) is 12.1 Å². The Morgan fingerprint density at radius 1 is 1.43 bits per heavy atom. The van der Waals surface area contributed by atoms with Crippen LogP contribution in [0.5, 0.6) is 0 Å². The van der Waals surface area contributed by atoms with Crippen molar-refractivity contribution >= 4 is 11.5 Å². The minimum Gasteiger partial charge on any atom is -0.394 e. The Morgan fingerprint density at radius 2 is 2.19 bits per heavy atom. The summed E-state index contributed by atoms with van der Waals surface area (Å²) >= 11 is 0. The second kappa shape index (κ2) is 5.31. The summed E-state index contributed by atoms with van der Waals surface area (Å²) in [5.41, 5.74) is 1.76. The Hall–Kier alpha value is -1.59. The number of hydrogen-bond acceptors (Lipinski definition) is 4. The number of aromatic nitrogens is 2. The SMILES string of the molecule is CN(c1nc2ccccn2c1CNC1CC1)C(C)(C)CO. The number of aliphatic hydroxyl groups is 1. The van der Waals surface area contributed by atoms with Crippen molar-refractivity contribution in [3.8, 4) is 0 Å². The predicted molar refractivity (Wildman–Crippen MR) is 84.6 cm³/mol. The molecule has 0 amide bonds. The molecule has 1 fully saturated rings. The molecule has 0 atom stereocenters. The highest BCUT2D eigenvalue weighted by Crippen LogP contribution is 2.27. The molecule has 1 aliphatic carbocycles. The number of fused-ring (bicyclic) bond motifs is 1. The van der Waals surface area contributed by atoms with E-state index < -0.39 is 0 Å². The lowest BCUT2D eigenvalue weighted by Crippen LogP contribution is -2.45. The average Bonchev–Trinajstić information content (AvgIpc) is 3.24. The molecular formula is C16H24N4O. The van der Waals surface area contributed by atoms with Crippen molar-refractivity contribution in [3.63, 3.8) is 0 Å². The molecule has 0 radical (unpaired) electrons. The molecule has 2 aromatic rings. The summed E-state index contributed by atoms with van der Waals surface area (Å²) in [7, 11) is 2.00. The first-order chi connectivity index (χ1) is 10.0. The smallest absolute Gasteiger partial charge is 0.152 e. The van der Waals surface area contributed by atoms with E-state index in [1.807, 2.05) is 39.1 Å². The fourth-order valence-corrected chi connectivity index (χ4v) is 2.39. The van der Waals surface area contributed by atoms with Crippen molar-refractivity contribution in [2.45, 2.75) is 44.8 Å². The highest BCUT2D eigenvalue weighted by atomic mass is 16.3. The van der Waals surface area contributed by atoms with E-state index in [0.29, 0.717) is 6.04 Å². The van der Waals surface area contributed by atoms with E-state index in [1.54, 1.807) is 0 Å². The number of nitrogens with zero attached hydrogens (tertiary/aromatic N) is 3. The molecule has 5 nitrogen and oxygen atoms in total. The topological polar surface area (TPSA) is 52.8 Å². The van der Waals surface area contributed by atoms with E-state index in [2.05, 4.69) is 20.8 Å². The highest BCUT2D eigenvalue weighted by molar-refractivity contribution is 5.56. The maximum Gasteiger partial charge on any atom is 0.152 e. The van der Waals surface area contributed by atoms with Gasteiger partial charge in [-0.3, -0.25) is 0 Å². The van der Waals surface area contributed by atoms with Crippen LogP contribution in [0.3, 0.4) is 0 Å². The number of anilines is 1. The quantitative estimate of drug-likeness (QED) is 0.851. The zero-order valence-corrected chi connectivity index (χ0v) is 13.0. The lowest BCUT2D eigenvalue weighted by atomic mass is 10.1. The van der Waals surface area contributed by atoms with Crippen molar-refractivity contribution in [1.29, 1.82) is 0 Å². The standard InChI is InChI=1S/C16H24N4O/c1-16(2,11-21)19(3)15-13(10-17-12-7-8-12)20-9-5-4-6-14(20)18-15/h4-6,9,12,17,21H,7-8,10-11H2,1-3H3. The van der Waals surface area contributed by atoms with Crippen LogP contribution in [0.15, 0.2) is 24.4 Å². The molecule has 2 aromatic heterocycles. The minimum atomic E-state index is -0.341. The Labute approximate surface area is 125 Å². The van der Waals surface area contributed by atoms with Crippen molar-refractivity contribution in [1.82, 2.24) is 14.7 Å². The van der Waals surface area contributed by atoms with Crippen LogP contribution >= 0.6 is 0 Å². The zero-order valence-electron chi connectivity index (χ0n) is 13.0. The van der Waals surface area contributed by atoms with Gasteiger partial charge in [0.1, 0.15) is 5.65 Å². The first kappa shape index (κ1) is 14.4. The van der Waals surface area contributed by atoms with Crippen LogP contribution in [0.2, 0.25) is 0 Å². The van der Waals surface area contributed by atoms with Crippen molar-refractivity contribution < 1.29 is 5.11 Å². The number of likely N-dealkylation sites (N-methyl/N-ethyl adjacent to an activating group) is 1. The van der Waals surface area contributed by atoms with Crippen LogP contribution in [0.1, 0.15) is 32.4 Å². The molecule has 0 saturated heterocycles. The van der Waals surface area contributed by atoms with Gasteiger partial charge in [-0.25, -0.2) is 4.98 Å². The normalized spacial score (nSPS) is 15.6. The number of pyridine rings is 1. The maximum absolute atomic E-state index is 9.63. The van der Waals surface area contributed by atoms with Gasteiger partial charge in [-0.15, -0.1) is 0 Å². The molecular weight excluding hydrogens is 264 g/mol. The van der Waals surface area contributed by atoms with Crippen LogP contribution in [0.25, 0.3) is 5.65 Å². The van der Waals surface area contributed by atoms with Crippen LogP contribution < -0.4 is 10.2 Å². The van der Waals surface area contributed by atoms with Gasteiger partial charge in [-0.1, -0.05) is 6.07 Å². The molecule has 2 N–H and O–H groups in total. The summed E-state index contributed by atoms with van der Waals surface area (Å²) in [6.45, 7) is 4.94. The Kier molecular flexibility index (Phi) is 3.63. The van der Waals surface area contributed by atoms with E-state index in [0.717, 1.165) is 23.7 Å². The van der Waals surface area contributed by atoms with Gasteiger partial charge < -0.3 is 19.7 Å². The summed E-state index contributed by atoms with van der Waals surface area (Å²) in [4.78, 5) is 6.84. The van der Waals surface area contributed by atoms with Gasteiger partial charge in [0, 0.05) is 25.8 Å². The van der Waals surface area contributed by atoms with Crippen molar-refractivity contribution in [2.24, 2.45) is 0 Å². The number of nitrogens with one attached hydrogen (secondary N) is 1. The molecule has 0 aliphatic heterocycles. The maximum atomic E-state index is 9.63. The Bertz CT molecular complexity index is 630. The van der Waals surface area contributed by atoms with E-state index in [9.17, 15) is 5.11 Å². The summed E-state index contributed by atoms with van der Waals surface area (Å²) in [6, 6.07) is 6.70. The second-order valence-electron chi connectivity index (χ2n) is 6.50. The molecule has 0 aromatic carbocycles. The monoisotopic (exact) mass is 288 g/mol. The lowest BCUT2D eigenvalue weighted by Gasteiger charge is -2.34. The highest BCUT2D eigenvalue weighted by Gasteiger charge is 2.28. The fraction of sp³-hybridized carbons (Fsp3) is 0.562. The summed E-state index contributed by atoms with van der Waals surface area (Å²) in [6.07, 6.45) is 4.59. The average molecular weight is 288 g/mol. The number of hydrogen-bond donors (Lipinski definition) is 2. The van der Waals surface area contributed by atoms with Crippen LogP contribution in [0.4, 0.5) is 5.82 Å². The van der Waals surface area contributed by atoms with Crippen LogP contribution in [0, 0.1) is 0 Å². The van der Waals surface area contributed by atoms with E-state index in [1.165, 1.54) is 12.8 Å². The van der Waals surface area contributed by atoms with Gasteiger partial charge in [-0.2, -0.15) is 0 Å².